The lowest BCUT2D eigenvalue weighted by atomic mass is 9.95. The first-order valence-corrected chi connectivity index (χ1v) is 9.14. The van der Waals surface area contributed by atoms with E-state index in [9.17, 15) is 8.42 Å². The van der Waals surface area contributed by atoms with Crippen molar-refractivity contribution in [1.29, 1.82) is 0 Å². The molecule has 1 N–H and O–H groups in total. The summed E-state index contributed by atoms with van der Waals surface area (Å²) in [4.78, 5) is 2.33. The molecule has 0 aliphatic carbocycles. The SMILES string of the molecule is CCC(C)C1CN(CC(C)(C)S(C)(=O)=O)C(C)CN1. The first kappa shape index (κ1) is 16.9. The minimum absolute atomic E-state index is 0.390. The highest BCUT2D eigenvalue weighted by Gasteiger charge is 2.36. The lowest BCUT2D eigenvalue weighted by molar-refractivity contribution is 0.110. The molecule has 0 bridgehead atoms. The molecule has 0 aromatic carbocycles. The van der Waals surface area contributed by atoms with Gasteiger partial charge in [-0.15, -0.1) is 0 Å². The first-order valence-electron chi connectivity index (χ1n) is 7.25. The second-order valence-corrected chi connectivity index (χ2v) is 9.36. The molecular weight excluding hydrogens is 260 g/mol. The Kier molecular flexibility index (Phi) is 5.43. The average molecular weight is 290 g/mol. The maximum absolute atomic E-state index is 11.9. The van der Waals surface area contributed by atoms with Gasteiger partial charge in [-0.1, -0.05) is 20.3 Å². The monoisotopic (exact) mass is 290 g/mol. The van der Waals surface area contributed by atoms with E-state index >= 15 is 0 Å². The third kappa shape index (κ3) is 4.17. The van der Waals surface area contributed by atoms with Crippen molar-refractivity contribution in [3.05, 3.63) is 0 Å². The molecule has 3 unspecified atom stereocenters. The van der Waals surface area contributed by atoms with Crippen LogP contribution in [0.5, 0.6) is 0 Å². The third-order valence-electron chi connectivity index (χ3n) is 4.65. The van der Waals surface area contributed by atoms with Crippen LogP contribution in [0.3, 0.4) is 0 Å². The van der Waals surface area contributed by atoms with Crippen LogP contribution in [0.1, 0.15) is 41.0 Å². The van der Waals surface area contributed by atoms with Crippen LogP contribution in [-0.4, -0.2) is 56.0 Å². The van der Waals surface area contributed by atoms with Crippen molar-refractivity contribution >= 4 is 9.84 Å². The molecule has 1 rings (SSSR count). The van der Waals surface area contributed by atoms with Crippen molar-refractivity contribution in [3.63, 3.8) is 0 Å². The van der Waals surface area contributed by atoms with Crippen molar-refractivity contribution < 1.29 is 8.42 Å². The Morgan fingerprint density at radius 2 is 2.00 bits per heavy atom. The van der Waals surface area contributed by atoms with Gasteiger partial charge in [-0.2, -0.15) is 0 Å². The van der Waals surface area contributed by atoms with Crippen LogP contribution in [-0.2, 0) is 9.84 Å². The van der Waals surface area contributed by atoms with E-state index in [1.54, 1.807) is 0 Å². The number of nitrogens with one attached hydrogen (secondary N) is 1. The second kappa shape index (κ2) is 6.10. The summed E-state index contributed by atoms with van der Waals surface area (Å²) < 4.78 is 23.0. The molecule has 1 fully saturated rings. The van der Waals surface area contributed by atoms with Gasteiger partial charge < -0.3 is 5.32 Å². The highest BCUT2D eigenvalue weighted by molar-refractivity contribution is 7.92. The summed E-state index contributed by atoms with van der Waals surface area (Å²) in [5.74, 6) is 0.622. The average Bonchev–Trinajstić information content (AvgIpc) is 2.29. The van der Waals surface area contributed by atoms with Crippen LogP contribution < -0.4 is 5.32 Å². The van der Waals surface area contributed by atoms with Gasteiger partial charge in [0.25, 0.3) is 0 Å². The summed E-state index contributed by atoms with van der Waals surface area (Å²) in [5, 5.41) is 3.58. The van der Waals surface area contributed by atoms with Crippen LogP contribution in [0.25, 0.3) is 0 Å². The molecule has 3 atom stereocenters. The van der Waals surface area contributed by atoms with Gasteiger partial charge in [-0.25, -0.2) is 8.42 Å². The van der Waals surface area contributed by atoms with Gasteiger partial charge in [0, 0.05) is 38.0 Å². The zero-order chi connectivity index (χ0) is 14.8. The Hall–Kier alpha value is -0.130. The Morgan fingerprint density at radius 3 is 2.47 bits per heavy atom. The highest BCUT2D eigenvalue weighted by Crippen LogP contribution is 2.22. The normalized spacial score (nSPS) is 28.3. The molecule has 1 aliphatic rings. The standard InChI is InChI=1S/C14H30N2O2S/c1-7-11(2)13-9-16(12(3)8-15-13)10-14(4,5)19(6,17)18/h11-13,15H,7-10H2,1-6H3. The molecule has 0 aromatic rings. The van der Waals surface area contributed by atoms with Gasteiger partial charge in [-0.05, 0) is 26.7 Å². The van der Waals surface area contributed by atoms with E-state index in [-0.39, 0.29) is 0 Å². The minimum Gasteiger partial charge on any atom is -0.311 e. The summed E-state index contributed by atoms with van der Waals surface area (Å²) in [6, 6.07) is 0.859. The number of rotatable bonds is 5. The molecular formula is C14H30N2O2S. The van der Waals surface area contributed by atoms with E-state index in [4.69, 9.17) is 0 Å². The zero-order valence-corrected chi connectivity index (χ0v) is 14.0. The largest absolute Gasteiger partial charge is 0.311 e. The maximum Gasteiger partial charge on any atom is 0.153 e. The van der Waals surface area contributed by atoms with Crippen LogP contribution in [0.2, 0.25) is 0 Å². The smallest absolute Gasteiger partial charge is 0.153 e. The Labute approximate surface area is 118 Å². The molecule has 0 amide bonds. The Bertz CT molecular complexity index is 392. The van der Waals surface area contributed by atoms with Gasteiger partial charge in [0.05, 0.1) is 4.75 Å². The van der Waals surface area contributed by atoms with Gasteiger partial charge in [0.1, 0.15) is 0 Å². The van der Waals surface area contributed by atoms with Crippen molar-refractivity contribution in [1.82, 2.24) is 10.2 Å². The van der Waals surface area contributed by atoms with E-state index < -0.39 is 14.6 Å². The van der Waals surface area contributed by atoms with Crippen molar-refractivity contribution in [2.24, 2.45) is 5.92 Å². The lowest BCUT2D eigenvalue weighted by Gasteiger charge is -2.43. The van der Waals surface area contributed by atoms with Gasteiger partial charge >= 0.3 is 0 Å². The summed E-state index contributed by atoms with van der Waals surface area (Å²) in [6.45, 7) is 12.8. The van der Waals surface area contributed by atoms with Crippen LogP contribution in [0.4, 0.5) is 0 Å². The van der Waals surface area contributed by atoms with E-state index in [0.29, 0.717) is 24.5 Å². The topological polar surface area (TPSA) is 49.4 Å². The predicted octanol–water partition coefficient (Wildman–Crippen LogP) is 1.52. The number of hydrogen-bond donors (Lipinski definition) is 1. The molecule has 0 aromatic heterocycles. The van der Waals surface area contributed by atoms with Crippen LogP contribution >= 0.6 is 0 Å². The fourth-order valence-electron chi connectivity index (χ4n) is 2.44. The molecule has 1 aliphatic heterocycles. The van der Waals surface area contributed by atoms with E-state index in [2.05, 4.69) is 31.0 Å². The van der Waals surface area contributed by atoms with Crippen molar-refractivity contribution in [2.45, 2.75) is 57.9 Å². The number of sulfone groups is 1. The Balaban J connectivity index is 2.76. The quantitative estimate of drug-likeness (QED) is 0.834. The van der Waals surface area contributed by atoms with Crippen LogP contribution in [0, 0.1) is 5.92 Å². The fraction of sp³-hybridized carbons (Fsp3) is 1.00. The number of nitrogens with zero attached hydrogens (tertiary/aromatic N) is 1. The van der Waals surface area contributed by atoms with E-state index in [0.717, 1.165) is 19.5 Å². The van der Waals surface area contributed by atoms with Gasteiger partial charge in [0.2, 0.25) is 0 Å². The molecule has 0 radical (unpaired) electrons. The highest BCUT2D eigenvalue weighted by atomic mass is 32.2. The van der Waals surface area contributed by atoms with Crippen molar-refractivity contribution in [2.75, 3.05) is 25.9 Å². The first-order chi connectivity index (χ1) is 8.58. The molecule has 19 heavy (non-hydrogen) atoms. The zero-order valence-electron chi connectivity index (χ0n) is 13.2. The van der Waals surface area contributed by atoms with E-state index in [1.807, 2.05) is 13.8 Å². The third-order valence-corrected chi connectivity index (χ3v) is 6.79. The second-order valence-electron chi connectivity index (χ2n) is 6.71. The van der Waals surface area contributed by atoms with Gasteiger partial charge in [0.15, 0.2) is 9.84 Å². The Morgan fingerprint density at radius 1 is 1.42 bits per heavy atom. The lowest BCUT2D eigenvalue weighted by Crippen LogP contribution is -2.60. The van der Waals surface area contributed by atoms with Gasteiger partial charge in [-0.3, -0.25) is 4.90 Å². The maximum atomic E-state index is 11.9. The molecule has 5 heteroatoms. The predicted molar refractivity (Wildman–Crippen MR) is 81.2 cm³/mol. The molecule has 114 valence electrons. The van der Waals surface area contributed by atoms with E-state index in [1.165, 1.54) is 6.26 Å². The molecule has 0 saturated carbocycles. The minimum atomic E-state index is -3.03. The summed E-state index contributed by atoms with van der Waals surface area (Å²) >= 11 is 0. The van der Waals surface area contributed by atoms with Crippen LogP contribution in [0.15, 0.2) is 0 Å². The number of piperazine rings is 1. The molecule has 0 spiro atoms. The fourth-order valence-corrected chi connectivity index (χ4v) is 2.84. The summed E-state index contributed by atoms with van der Waals surface area (Å²) in [5.41, 5.74) is 0. The molecule has 4 nitrogen and oxygen atoms in total. The molecule has 1 saturated heterocycles. The van der Waals surface area contributed by atoms with Crippen molar-refractivity contribution in [3.8, 4) is 0 Å². The summed E-state index contributed by atoms with van der Waals surface area (Å²) in [7, 11) is -3.03. The number of hydrogen-bond acceptors (Lipinski definition) is 4. The summed E-state index contributed by atoms with van der Waals surface area (Å²) in [6.07, 6.45) is 2.49. The molecule has 1 heterocycles.